The molecule has 104 valence electrons. The van der Waals surface area contributed by atoms with E-state index in [2.05, 4.69) is 5.32 Å². The molecular weight excluding hydrogens is 273 g/mol. The Hall–Kier alpha value is -1.81. The number of benzene rings is 2. The van der Waals surface area contributed by atoms with Crippen LogP contribution in [0.1, 0.15) is 12.0 Å². The predicted molar refractivity (Wildman–Crippen MR) is 81.5 cm³/mol. The Morgan fingerprint density at radius 2 is 1.95 bits per heavy atom. The molecule has 2 aromatic carbocycles. The van der Waals surface area contributed by atoms with Crippen molar-refractivity contribution >= 4 is 23.4 Å². The van der Waals surface area contributed by atoms with Crippen LogP contribution < -0.4 is 5.32 Å². The van der Waals surface area contributed by atoms with E-state index in [-0.39, 0.29) is 11.7 Å². The van der Waals surface area contributed by atoms with Crippen molar-refractivity contribution in [3.8, 4) is 0 Å². The van der Waals surface area contributed by atoms with Gasteiger partial charge in [-0.2, -0.15) is 0 Å². The summed E-state index contributed by atoms with van der Waals surface area (Å²) in [5, 5.41) is 2.70. The van der Waals surface area contributed by atoms with Crippen LogP contribution in [0.3, 0.4) is 0 Å². The van der Waals surface area contributed by atoms with Gasteiger partial charge in [-0.15, -0.1) is 11.8 Å². The lowest BCUT2D eigenvalue weighted by Crippen LogP contribution is -2.12. The van der Waals surface area contributed by atoms with Gasteiger partial charge in [0.2, 0.25) is 5.91 Å². The predicted octanol–water partition coefficient (Wildman–Crippen LogP) is 4.26. The monoisotopic (exact) mass is 289 g/mol. The number of anilines is 1. The maximum absolute atomic E-state index is 13.3. The second-order valence-electron chi connectivity index (χ2n) is 4.42. The minimum Gasteiger partial charge on any atom is -0.326 e. The Morgan fingerprint density at radius 3 is 2.65 bits per heavy atom. The molecule has 0 aliphatic rings. The summed E-state index contributed by atoms with van der Waals surface area (Å²) in [5.74, 6) is 0.294. The first kappa shape index (κ1) is 14.6. The van der Waals surface area contributed by atoms with Crippen molar-refractivity contribution in [2.24, 2.45) is 0 Å². The summed E-state index contributed by atoms with van der Waals surface area (Å²) in [6.45, 7) is 1.69. The van der Waals surface area contributed by atoms with Crippen molar-refractivity contribution in [1.29, 1.82) is 0 Å². The van der Waals surface area contributed by atoms with E-state index in [0.717, 1.165) is 4.90 Å². The highest BCUT2D eigenvalue weighted by Crippen LogP contribution is 2.18. The van der Waals surface area contributed by atoms with Crippen LogP contribution in [0.4, 0.5) is 10.1 Å². The topological polar surface area (TPSA) is 29.1 Å². The highest BCUT2D eigenvalue weighted by molar-refractivity contribution is 7.99. The largest absolute Gasteiger partial charge is 0.326 e. The van der Waals surface area contributed by atoms with Gasteiger partial charge in [0.05, 0.1) is 0 Å². The van der Waals surface area contributed by atoms with Crippen LogP contribution in [0.2, 0.25) is 0 Å². The summed E-state index contributed by atoms with van der Waals surface area (Å²) in [7, 11) is 0. The first-order valence-electron chi connectivity index (χ1n) is 6.39. The van der Waals surface area contributed by atoms with Crippen LogP contribution in [0, 0.1) is 12.7 Å². The summed E-state index contributed by atoms with van der Waals surface area (Å²) in [4.78, 5) is 12.9. The molecule has 0 aliphatic heterocycles. The lowest BCUT2D eigenvalue weighted by molar-refractivity contribution is -0.115. The Labute approximate surface area is 122 Å². The smallest absolute Gasteiger partial charge is 0.225 e. The number of carbonyl (C=O) groups is 1. The lowest BCUT2D eigenvalue weighted by Gasteiger charge is -2.06. The van der Waals surface area contributed by atoms with Crippen molar-refractivity contribution in [1.82, 2.24) is 0 Å². The van der Waals surface area contributed by atoms with Gasteiger partial charge >= 0.3 is 0 Å². The molecule has 0 bridgehead atoms. The molecule has 1 amide bonds. The van der Waals surface area contributed by atoms with Crippen molar-refractivity contribution in [2.45, 2.75) is 18.2 Å². The quantitative estimate of drug-likeness (QED) is 0.833. The molecular formula is C16H16FNOS. The first-order chi connectivity index (χ1) is 9.65. The zero-order valence-corrected chi connectivity index (χ0v) is 12.0. The van der Waals surface area contributed by atoms with E-state index in [1.165, 1.54) is 6.07 Å². The van der Waals surface area contributed by atoms with Gasteiger partial charge in [-0.3, -0.25) is 4.79 Å². The van der Waals surface area contributed by atoms with Gasteiger partial charge in [-0.1, -0.05) is 24.3 Å². The minimum atomic E-state index is -0.304. The van der Waals surface area contributed by atoms with Gasteiger partial charge in [-0.25, -0.2) is 4.39 Å². The molecule has 0 saturated carbocycles. The number of aryl methyl sites for hydroxylation is 1. The first-order valence-corrected chi connectivity index (χ1v) is 7.37. The highest BCUT2D eigenvalue weighted by Gasteiger charge is 2.05. The number of nitrogens with one attached hydrogen (secondary N) is 1. The summed E-state index contributed by atoms with van der Waals surface area (Å²) in [6.07, 6.45) is 0.398. The maximum atomic E-state index is 13.3. The summed E-state index contributed by atoms with van der Waals surface area (Å²) < 4.78 is 13.3. The van der Waals surface area contributed by atoms with E-state index in [1.807, 2.05) is 30.3 Å². The maximum Gasteiger partial charge on any atom is 0.225 e. The van der Waals surface area contributed by atoms with Gasteiger partial charge in [0.1, 0.15) is 5.82 Å². The third-order valence-corrected chi connectivity index (χ3v) is 3.81. The number of rotatable bonds is 5. The molecule has 0 saturated heterocycles. The summed E-state index contributed by atoms with van der Waals surface area (Å²) in [5.41, 5.74) is 1.07. The number of hydrogen-bond donors (Lipinski definition) is 1. The molecule has 0 aliphatic carbocycles. The zero-order valence-electron chi connectivity index (χ0n) is 11.2. The normalized spacial score (nSPS) is 10.3. The molecule has 0 heterocycles. The van der Waals surface area contributed by atoms with Crippen LogP contribution in [0.15, 0.2) is 53.4 Å². The second-order valence-corrected chi connectivity index (χ2v) is 5.59. The Bertz CT molecular complexity index is 586. The van der Waals surface area contributed by atoms with Crippen molar-refractivity contribution in [3.63, 3.8) is 0 Å². The van der Waals surface area contributed by atoms with Gasteiger partial charge in [0.15, 0.2) is 0 Å². The summed E-state index contributed by atoms with van der Waals surface area (Å²) >= 11 is 1.63. The van der Waals surface area contributed by atoms with Crippen molar-refractivity contribution in [3.05, 3.63) is 59.9 Å². The van der Waals surface area contributed by atoms with Crippen LogP contribution in [-0.4, -0.2) is 11.7 Å². The van der Waals surface area contributed by atoms with E-state index in [0.29, 0.717) is 23.4 Å². The number of hydrogen-bond acceptors (Lipinski definition) is 2. The molecule has 0 unspecified atom stereocenters. The second kappa shape index (κ2) is 7.10. The fourth-order valence-corrected chi connectivity index (χ4v) is 2.55. The van der Waals surface area contributed by atoms with E-state index in [4.69, 9.17) is 0 Å². The van der Waals surface area contributed by atoms with Crippen molar-refractivity contribution < 1.29 is 9.18 Å². The number of amides is 1. The molecule has 0 radical (unpaired) electrons. The fraction of sp³-hybridized carbons (Fsp3) is 0.188. The molecule has 4 heteroatoms. The number of halogens is 1. The van der Waals surface area contributed by atoms with Gasteiger partial charge < -0.3 is 5.32 Å². The van der Waals surface area contributed by atoms with E-state index >= 15 is 0 Å². The summed E-state index contributed by atoms with van der Waals surface area (Å²) in [6, 6.07) is 14.6. The van der Waals surface area contributed by atoms with Gasteiger partial charge in [0, 0.05) is 22.8 Å². The molecule has 0 spiro atoms. The zero-order chi connectivity index (χ0) is 14.4. The van der Waals surface area contributed by atoms with E-state index in [1.54, 1.807) is 30.8 Å². The molecule has 0 fully saturated rings. The van der Waals surface area contributed by atoms with Crippen LogP contribution in [0.5, 0.6) is 0 Å². The van der Waals surface area contributed by atoms with Crippen molar-refractivity contribution in [2.75, 3.05) is 11.1 Å². The average molecular weight is 289 g/mol. The van der Waals surface area contributed by atoms with Crippen LogP contribution in [0.25, 0.3) is 0 Å². The lowest BCUT2D eigenvalue weighted by atomic mass is 10.2. The van der Waals surface area contributed by atoms with E-state index in [9.17, 15) is 9.18 Å². The Morgan fingerprint density at radius 1 is 1.20 bits per heavy atom. The molecule has 0 aromatic heterocycles. The standard InChI is InChI=1S/C16H16FNOS/c1-12-7-8-13(11-15(12)17)18-16(19)9-10-20-14-5-3-2-4-6-14/h2-8,11H,9-10H2,1H3,(H,18,19). The van der Waals surface area contributed by atoms with Gasteiger partial charge in [-0.05, 0) is 36.8 Å². The Balaban J connectivity index is 1.79. The van der Waals surface area contributed by atoms with Crippen LogP contribution >= 0.6 is 11.8 Å². The Kier molecular flexibility index (Phi) is 5.18. The molecule has 2 rings (SSSR count). The van der Waals surface area contributed by atoms with Gasteiger partial charge in [0.25, 0.3) is 0 Å². The molecule has 20 heavy (non-hydrogen) atoms. The number of carbonyl (C=O) groups excluding carboxylic acids is 1. The third kappa shape index (κ3) is 4.38. The molecule has 2 aromatic rings. The molecule has 0 atom stereocenters. The molecule has 1 N–H and O–H groups in total. The third-order valence-electron chi connectivity index (χ3n) is 2.80. The average Bonchev–Trinajstić information content (AvgIpc) is 2.44. The highest BCUT2D eigenvalue weighted by atomic mass is 32.2. The molecule has 2 nitrogen and oxygen atoms in total. The fourth-order valence-electron chi connectivity index (χ4n) is 1.67. The van der Waals surface area contributed by atoms with E-state index < -0.39 is 0 Å². The minimum absolute atomic E-state index is 0.100. The van der Waals surface area contributed by atoms with Crippen LogP contribution in [-0.2, 0) is 4.79 Å². The number of thioether (sulfide) groups is 1. The SMILES string of the molecule is Cc1ccc(NC(=O)CCSc2ccccc2)cc1F.